The number of carbonyl (C=O) groups excluding carboxylic acids is 1. The second kappa shape index (κ2) is 13.6. The van der Waals surface area contributed by atoms with Crippen molar-refractivity contribution in [2.24, 2.45) is 29.6 Å². The SMILES string of the molecule is CCc1ccc(OC(F)F)c(C2=CC(C)C=C(CCCC3CC[C@H](C(C)C)C[C@@H](C(=O)OC)C3)S2)c1. The van der Waals surface area contributed by atoms with Gasteiger partial charge in [0.2, 0.25) is 0 Å². The van der Waals surface area contributed by atoms with E-state index in [1.165, 1.54) is 24.9 Å². The summed E-state index contributed by atoms with van der Waals surface area (Å²) in [7, 11) is 1.50. The molecule has 0 saturated heterocycles. The molecule has 0 bridgehead atoms. The van der Waals surface area contributed by atoms with Gasteiger partial charge in [-0.25, -0.2) is 0 Å². The molecule has 1 aromatic carbocycles. The van der Waals surface area contributed by atoms with Crippen molar-refractivity contribution < 1.29 is 23.0 Å². The topological polar surface area (TPSA) is 35.5 Å². The van der Waals surface area contributed by atoms with Crippen LogP contribution in [0.1, 0.15) is 83.8 Å². The zero-order chi connectivity index (χ0) is 26.2. The maximum atomic E-state index is 13.1. The first-order valence-corrected chi connectivity index (χ1v) is 14.3. The number of aryl methyl sites for hydroxylation is 1. The van der Waals surface area contributed by atoms with Gasteiger partial charge in [0.05, 0.1) is 13.0 Å². The lowest BCUT2D eigenvalue weighted by molar-refractivity contribution is -0.146. The lowest BCUT2D eigenvalue weighted by Crippen LogP contribution is -2.21. The molecule has 2 aliphatic rings. The van der Waals surface area contributed by atoms with Gasteiger partial charge in [-0.2, -0.15) is 8.78 Å². The second-order valence-corrected chi connectivity index (χ2v) is 11.9. The summed E-state index contributed by atoms with van der Waals surface area (Å²) in [5.74, 6) is 2.11. The van der Waals surface area contributed by atoms with Crippen molar-refractivity contribution in [2.45, 2.75) is 85.7 Å². The van der Waals surface area contributed by atoms with Crippen LogP contribution in [0.3, 0.4) is 0 Å². The van der Waals surface area contributed by atoms with E-state index in [1.807, 2.05) is 12.1 Å². The number of alkyl halides is 2. The Morgan fingerprint density at radius 2 is 1.94 bits per heavy atom. The van der Waals surface area contributed by atoms with E-state index in [4.69, 9.17) is 9.47 Å². The number of hydrogen-bond donors (Lipinski definition) is 0. The molecule has 6 heteroatoms. The maximum absolute atomic E-state index is 13.1. The highest BCUT2D eigenvalue weighted by atomic mass is 32.2. The van der Waals surface area contributed by atoms with E-state index < -0.39 is 6.61 Å². The van der Waals surface area contributed by atoms with Crippen LogP contribution in [0.4, 0.5) is 8.78 Å². The standard InChI is InChI=1S/C30H42F2O3S/c1-6-21-11-13-27(35-30(31)32)26(17-21)28-15-20(4)14-25(36-28)9-7-8-22-10-12-23(19(2)3)18-24(16-22)29(33)34-5/h11,13-15,17,19-20,22-24,30H,6-10,12,16,18H2,1-5H3/t20?,22?,23-,24-/m0/s1. The third kappa shape index (κ3) is 8.09. The fraction of sp³-hybridized carbons (Fsp3) is 0.633. The number of esters is 1. The van der Waals surface area contributed by atoms with Gasteiger partial charge in [-0.15, -0.1) is 0 Å². The Labute approximate surface area is 220 Å². The Hall–Kier alpha value is -1.82. The number of methoxy groups -OCH3 is 1. The second-order valence-electron chi connectivity index (χ2n) is 10.7. The van der Waals surface area contributed by atoms with Crippen LogP contribution in [-0.2, 0) is 16.0 Å². The van der Waals surface area contributed by atoms with Crippen LogP contribution in [-0.4, -0.2) is 19.7 Å². The molecule has 3 nitrogen and oxygen atoms in total. The highest BCUT2D eigenvalue weighted by Crippen LogP contribution is 2.45. The van der Waals surface area contributed by atoms with E-state index in [0.717, 1.165) is 54.6 Å². The summed E-state index contributed by atoms with van der Waals surface area (Å²) >= 11 is 1.68. The number of allylic oxidation sites excluding steroid dienone is 3. The summed E-state index contributed by atoms with van der Waals surface area (Å²) in [6, 6.07) is 5.50. The van der Waals surface area contributed by atoms with Crippen LogP contribution in [0.5, 0.6) is 5.75 Å². The molecule has 2 unspecified atom stereocenters. The highest BCUT2D eigenvalue weighted by Gasteiger charge is 2.32. The van der Waals surface area contributed by atoms with E-state index in [0.29, 0.717) is 17.8 Å². The molecule has 1 aliphatic carbocycles. The molecule has 0 spiro atoms. The van der Waals surface area contributed by atoms with Gasteiger partial charge in [0.15, 0.2) is 0 Å². The smallest absolute Gasteiger partial charge is 0.387 e. The van der Waals surface area contributed by atoms with Crippen LogP contribution in [0.25, 0.3) is 4.91 Å². The van der Waals surface area contributed by atoms with Crippen LogP contribution in [0.2, 0.25) is 0 Å². The monoisotopic (exact) mass is 520 g/mol. The van der Waals surface area contributed by atoms with Gasteiger partial charge in [-0.05, 0) is 84.8 Å². The summed E-state index contributed by atoms with van der Waals surface area (Å²) in [6.45, 7) is 5.86. The van der Waals surface area contributed by atoms with Gasteiger partial charge in [-0.3, -0.25) is 4.79 Å². The number of rotatable bonds is 10. The molecule has 0 radical (unpaired) electrons. The molecule has 0 N–H and O–H groups in total. The molecular weight excluding hydrogens is 478 g/mol. The molecule has 1 heterocycles. The zero-order valence-corrected chi connectivity index (χ0v) is 23.2. The van der Waals surface area contributed by atoms with Crippen LogP contribution in [0, 0.1) is 29.6 Å². The summed E-state index contributed by atoms with van der Waals surface area (Å²) in [5.41, 5.74) is 1.85. The van der Waals surface area contributed by atoms with Crippen LogP contribution >= 0.6 is 11.8 Å². The molecule has 3 rings (SSSR count). The minimum Gasteiger partial charge on any atom is -0.469 e. The average Bonchev–Trinajstić information content (AvgIpc) is 3.06. The summed E-state index contributed by atoms with van der Waals surface area (Å²) in [6.07, 6.45) is 12.6. The van der Waals surface area contributed by atoms with Gasteiger partial charge in [0.25, 0.3) is 0 Å². The highest BCUT2D eigenvalue weighted by molar-refractivity contribution is 8.11. The first kappa shape index (κ1) is 28.7. The van der Waals surface area contributed by atoms with Gasteiger partial charge < -0.3 is 9.47 Å². The van der Waals surface area contributed by atoms with Gasteiger partial charge in [0, 0.05) is 10.5 Å². The third-order valence-electron chi connectivity index (χ3n) is 7.70. The minimum absolute atomic E-state index is 0.00632. The summed E-state index contributed by atoms with van der Waals surface area (Å²) in [4.78, 5) is 14.7. The van der Waals surface area contributed by atoms with Crippen molar-refractivity contribution in [3.8, 4) is 5.75 Å². The lowest BCUT2D eigenvalue weighted by Gasteiger charge is -2.22. The van der Waals surface area contributed by atoms with Crippen LogP contribution in [0.15, 0.2) is 35.3 Å². The summed E-state index contributed by atoms with van der Waals surface area (Å²) in [5, 5.41) is 0. The molecule has 200 valence electrons. The maximum Gasteiger partial charge on any atom is 0.387 e. The molecule has 1 aliphatic heterocycles. The fourth-order valence-corrected chi connectivity index (χ4v) is 6.96. The average molecular weight is 521 g/mol. The normalized spacial score (nSPS) is 24.8. The Kier molecular flexibility index (Phi) is 10.9. The number of thioether (sulfide) groups is 1. The molecule has 36 heavy (non-hydrogen) atoms. The first-order valence-electron chi connectivity index (χ1n) is 13.5. The quantitative estimate of drug-likeness (QED) is 0.228. The van der Waals surface area contributed by atoms with Gasteiger partial charge in [0.1, 0.15) is 5.75 Å². The van der Waals surface area contributed by atoms with Crippen molar-refractivity contribution in [3.63, 3.8) is 0 Å². The number of hydrogen-bond acceptors (Lipinski definition) is 4. The molecule has 0 amide bonds. The first-order chi connectivity index (χ1) is 17.2. The van der Waals surface area contributed by atoms with Gasteiger partial charge in [-0.1, -0.05) is 70.5 Å². The Bertz CT molecular complexity index is 940. The van der Waals surface area contributed by atoms with Crippen molar-refractivity contribution in [1.82, 2.24) is 0 Å². The zero-order valence-electron chi connectivity index (χ0n) is 22.4. The molecule has 4 atom stereocenters. The Morgan fingerprint density at radius 1 is 1.17 bits per heavy atom. The third-order valence-corrected chi connectivity index (χ3v) is 8.88. The molecular formula is C30H42F2O3S. The lowest BCUT2D eigenvalue weighted by atomic mass is 9.85. The van der Waals surface area contributed by atoms with E-state index in [2.05, 4.69) is 39.8 Å². The van der Waals surface area contributed by atoms with Crippen molar-refractivity contribution in [3.05, 3.63) is 46.4 Å². The molecule has 1 saturated carbocycles. The van der Waals surface area contributed by atoms with Crippen LogP contribution < -0.4 is 4.74 Å². The number of ether oxygens (including phenoxy) is 2. The minimum atomic E-state index is -2.85. The van der Waals surface area contributed by atoms with E-state index >= 15 is 0 Å². The van der Waals surface area contributed by atoms with E-state index in [-0.39, 0.29) is 23.6 Å². The largest absolute Gasteiger partial charge is 0.469 e. The predicted octanol–water partition coefficient (Wildman–Crippen LogP) is 8.88. The molecule has 1 fully saturated rings. The van der Waals surface area contributed by atoms with E-state index in [9.17, 15) is 13.6 Å². The Balaban J connectivity index is 1.64. The van der Waals surface area contributed by atoms with Gasteiger partial charge >= 0.3 is 12.6 Å². The number of halogens is 2. The Morgan fingerprint density at radius 3 is 2.61 bits per heavy atom. The van der Waals surface area contributed by atoms with Crippen molar-refractivity contribution in [2.75, 3.05) is 7.11 Å². The number of carbonyl (C=O) groups is 1. The molecule has 0 aromatic heterocycles. The van der Waals surface area contributed by atoms with E-state index in [1.54, 1.807) is 17.8 Å². The van der Waals surface area contributed by atoms with Crippen molar-refractivity contribution >= 4 is 22.6 Å². The summed E-state index contributed by atoms with van der Waals surface area (Å²) < 4.78 is 36.1. The van der Waals surface area contributed by atoms with Crippen molar-refractivity contribution in [1.29, 1.82) is 0 Å². The fourth-order valence-electron chi connectivity index (χ4n) is 5.60. The molecule has 1 aromatic rings. The number of benzene rings is 1. The predicted molar refractivity (Wildman–Crippen MR) is 145 cm³/mol.